The molecule has 0 bridgehead atoms. The Hall–Kier alpha value is -11.1. The fourth-order valence-electron chi connectivity index (χ4n) is 11.6. The number of nitrogens with one attached hydrogen (secondary N) is 2. The second-order valence-corrected chi connectivity index (χ2v) is 43.4. The third-order valence-corrected chi connectivity index (χ3v) is 20.9. The number of hydrogen-bond donors (Lipinski definition) is 2. The molecule has 2 N–H and O–H groups in total. The SMILES string of the molecule is C1=Cc2ccccc2NC1.CC(C)(C)c1cccc2ncsc12.CC(C)(C)c1cnn2ccccc12.CC(C)(C)c1csc2ncccc12.CC(C)(C)c1csc2ncsc12.CC(C)C.CC(C)C.CC(C)C.CC(C)C.CC(C)C.CC(C)C.c1ccc2c(c1)NCCO2.c1ccc2c(c1)OCCO2.c1ccc2c(c1)OCO2.c1ccc2ncccc2c1.c1ccc2nccnc2c1. The van der Waals surface area contributed by atoms with Gasteiger partial charge in [0.1, 0.15) is 35.2 Å². The van der Waals surface area contributed by atoms with E-state index in [9.17, 15) is 0 Å². The average molecular weight is 1890 g/mol. The molecule has 0 atom stereocenters. The van der Waals surface area contributed by atoms with Crippen LogP contribution in [0, 0.1) is 35.5 Å². The number of thiophene rings is 2. The second kappa shape index (κ2) is 59.6. The molecule has 20 rings (SSSR count). The number of ether oxygens (including phenoxy) is 5. The highest BCUT2D eigenvalue weighted by molar-refractivity contribution is 7.25. The zero-order chi connectivity index (χ0) is 98.8. The van der Waals surface area contributed by atoms with Crippen molar-refractivity contribution in [3.05, 3.63) is 299 Å². The number of fused-ring (bicyclic) bond motifs is 10. The molecule has 0 saturated heterocycles. The summed E-state index contributed by atoms with van der Waals surface area (Å²) in [6.07, 6.45) is 15.3. The number of anilines is 2. The topological polar surface area (TPSA) is 165 Å². The molecule has 7 aromatic carbocycles. The number of nitrogens with zero attached hydrogens (tertiary/aromatic N) is 8. The zero-order valence-electron chi connectivity index (χ0n) is 86.0. The number of aromatic nitrogens is 8. The van der Waals surface area contributed by atoms with E-state index in [1.165, 1.54) is 64.0 Å². The summed E-state index contributed by atoms with van der Waals surface area (Å²) in [6, 6.07) is 68.1. The minimum atomic E-state index is 0.170. The van der Waals surface area contributed by atoms with E-state index in [1.54, 1.807) is 57.7 Å². The van der Waals surface area contributed by atoms with Gasteiger partial charge in [0.05, 0.1) is 59.9 Å². The molecule has 13 heterocycles. The number of thiazole rings is 2. The Balaban J connectivity index is 0.000000257. The summed E-state index contributed by atoms with van der Waals surface area (Å²) >= 11 is 6.95. The summed E-state index contributed by atoms with van der Waals surface area (Å²) in [5.74, 6) is 9.37. The van der Waals surface area contributed by atoms with Crippen molar-refractivity contribution in [3.63, 3.8) is 0 Å². The number of rotatable bonds is 0. The molecule has 4 aliphatic heterocycles. The molecule has 19 heteroatoms. The molecule has 0 aliphatic carbocycles. The first-order valence-corrected chi connectivity index (χ1v) is 50.6. The lowest BCUT2D eigenvalue weighted by Gasteiger charge is -2.19. The summed E-state index contributed by atoms with van der Waals surface area (Å²) in [5, 5.41) is 17.8. The van der Waals surface area contributed by atoms with Crippen molar-refractivity contribution in [1.29, 1.82) is 0 Å². The van der Waals surface area contributed by atoms with Gasteiger partial charge in [-0.2, -0.15) is 5.10 Å². The number of pyridine rings is 3. The number of benzene rings is 7. The smallest absolute Gasteiger partial charge is 0.231 e. The van der Waals surface area contributed by atoms with Crippen LogP contribution < -0.4 is 34.3 Å². The van der Waals surface area contributed by atoms with Crippen LogP contribution >= 0.6 is 45.3 Å². The van der Waals surface area contributed by atoms with Gasteiger partial charge in [-0.3, -0.25) is 15.0 Å². The van der Waals surface area contributed by atoms with E-state index >= 15 is 0 Å². The van der Waals surface area contributed by atoms with Gasteiger partial charge >= 0.3 is 0 Å². The first kappa shape index (κ1) is 113. The minimum Gasteiger partial charge on any atom is -0.490 e. The summed E-state index contributed by atoms with van der Waals surface area (Å²) < 4.78 is 30.7. The standard InChI is InChI=1S/C11H14N2.2C11H13NS.C9H11NS2.C9H9N.C9H7N.C8H6N2.C8H9NO.C8H8O2.C7H6O2.6C4H10/c1-11(2,3)9-8-12-13-7-5-4-6-10(9)13;1-11(2,3)9-7-13-10-8(9)5-4-6-12-10;1-11(2,3)8-5-4-6-9-10(8)13-7-12-9;1-9(2,3)6-4-11-8-7(6)12-5-10-8;2*1-2-6-9-8(4-1)5-3-7-10-9;3*1-2-4-8-7(3-1)9-5-6-10-8;1-2-4-7-6(3-1)8-5-9-7;6*1-4(2)3/h4-8H,1-3H3;2*4-7H,1-3H3;4-5H,1-3H3;1-6,10H,7H2;1-7H;1-6H;1-4,9H,5-6H2;1-4H,5-6H2;1-4H,5H2;6*4H,1-3H3. The van der Waals surface area contributed by atoms with E-state index in [4.69, 9.17) is 23.7 Å². The lowest BCUT2D eigenvalue weighted by Crippen LogP contribution is -2.17. The molecule has 15 nitrogen and oxygen atoms in total. The molecule has 134 heavy (non-hydrogen) atoms. The van der Waals surface area contributed by atoms with Crippen LogP contribution in [0.3, 0.4) is 0 Å². The van der Waals surface area contributed by atoms with Crippen molar-refractivity contribution in [1.82, 2.24) is 39.5 Å². The first-order chi connectivity index (χ1) is 63.5. The van der Waals surface area contributed by atoms with Gasteiger partial charge in [0, 0.05) is 66.1 Å². The van der Waals surface area contributed by atoms with Crippen LogP contribution in [0.15, 0.2) is 271 Å². The maximum Gasteiger partial charge on any atom is 0.231 e. The Bertz CT molecular complexity index is 5430. The Morgan fingerprint density at radius 2 is 0.754 bits per heavy atom. The molecule has 0 radical (unpaired) electrons. The van der Waals surface area contributed by atoms with Gasteiger partial charge in [-0.05, 0) is 181 Å². The van der Waals surface area contributed by atoms with Gasteiger partial charge in [0.25, 0.3) is 0 Å². The molecular weight excluding hydrogens is 1730 g/mol. The molecule has 720 valence electrons. The summed E-state index contributed by atoms with van der Waals surface area (Å²) in [5.41, 5.74) is 19.2. The molecule has 16 aromatic rings. The van der Waals surface area contributed by atoms with Crippen LogP contribution in [0.25, 0.3) is 63.5 Å². The molecule has 9 aromatic heterocycles. The Kier molecular flexibility index (Phi) is 50.5. The van der Waals surface area contributed by atoms with E-state index in [1.807, 2.05) is 186 Å². The average Bonchev–Trinajstić information content (AvgIpc) is 1.63. The zero-order valence-corrected chi connectivity index (χ0v) is 89.3. The highest BCUT2D eigenvalue weighted by atomic mass is 32.1. The lowest BCUT2D eigenvalue weighted by atomic mass is 9.87. The van der Waals surface area contributed by atoms with Crippen LogP contribution in [0.5, 0.6) is 28.7 Å². The summed E-state index contributed by atoms with van der Waals surface area (Å²) in [4.78, 5) is 27.7. The Labute approximate surface area is 820 Å². The van der Waals surface area contributed by atoms with Crippen LogP contribution in [0.1, 0.15) is 236 Å². The van der Waals surface area contributed by atoms with Gasteiger partial charge in [-0.25, -0.2) is 19.5 Å². The molecule has 4 aliphatic rings. The fourth-order valence-corrected chi connectivity index (χ4v) is 16.1. The maximum atomic E-state index is 5.36. The number of hydrogen-bond acceptors (Lipinski definition) is 18. The predicted octanol–water partition coefficient (Wildman–Crippen LogP) is 33.8. The molecule has 0 amide bonds. The minimum absolute atomic E-state index is 0.170. The molecule has 0 unspecified atom stereocenters. The predicted molar refractivity (Wildman–Crippen MR) is 585 cm³/mol. The monoisotopic (exact) mass is 1890 g/mol. The van der Waals surface area contributed by atoms with Crippen molar-refractivity contribution >= 4 is 120 Å². The van der Waals surface area contributed by atoms with Crippen molar-refractivity contribution in [2.24, 2.45) is 35.5 Å². The summed E-state index contributed by atoms with van der Waals surface area (Å²) in [6.45, 7) is 70.1. The van der Waals surface area contributed by atoms with E-state index in [0.29, 0.717) is 20.0 Å². The fraction of sp³-hybridized carbons (Fsp3) is 0.400. The van der Waals surface area contributed by atoms with Crippen LogP contribution in [-0.2, 0) is 21.7 Å². The van der Waals surface area contributed by atoms with Crippen LogP contribution in [0.2, 0.25) is 0 Å². The Morgan fingerprint density at radius 3 is 1.29 bits per heavy atom. The van der Waals surface area contributed by atoms with E-state index in [-0.39, 0.29) is 21.7 Å². The van der Waals surface area contributed by atoms with Gasteiger partial charge in [-0.15, -0.1) is 45.3 Å². The first-order valence-electron chi connectivity index (χ1n) is 47.0. The maximum absolute atomic E-state index is 5.36. The lowest BCUT2D eigenvalue weighted by molar-refractivity contribution is 0.171. The molecule has 0 saturated carbocycles. The molecular formula is C115H156N10O5S4. The van der Waals surface area contributed by atoms with Crippen molar-refractivity contribution in [2.75, 3.05) is 50.3 Å². The second-order valence-electron chi connectivity index (χ2n) is 40.0. The third-order valence-electron chi connectivity index (χ3n) is 17.3. The van der Waals surface area contributed by atoms with E-state index in [2.05, 4.69) is 337 Å². The largest absolute Gasteiger partial charge is 0.490 e. The van der Waals surface area contributed by atoms with Gasteiger partial charge in [0.2, 0.25) is 6.79 Å². The van der Waals surface area contributed by atoms with E-state index < -0.39 is 0 Å². The van der Waals surface area contributed by atoms with Crippen molar-refractivity contribution in [3.8, 4) is 28.7 Å². The quantitative estimate of drug-likeness (QED) is 0.147. The van der Waals surface area contributed by atoms with Gasteiger partial charge < -0.3 is 34.3 Å². The van der Waals surface area contributed by atoms with Gasteiger partial charge in [-0.1, -0.05) is 335 Å². The highest BCUT2D eigenvalue weighted by Crippen LogP contribution is 2.38. The summed E-state index contributed by atoms with van der Waals surface area (Å²) in [7, 11) is 0. The van der Waals surface area contributed by atoms with Crippen LogP contribution in [-0.4, -0.2) is 79.2 Å². The normalized spacial score (nSPS) is 12.0. The van der Waals surface area contributed by atoms with Crippen molar-refractivity contribution < 1.29 is 23.7 Å². The highest BCUT2D eigenvalue weighted by Gasteiger charge is 2.22. The third kappa shape index (κ3) is 43.9. The number of para-hydroxylation sites is 10. The van der Waals surface area contributed by atoms with Crippen molar-refractivity contribution in [2.45, 2.75) is 229 Å². The molecule has 0 fully saturated rings. The van der Waals surface area contributed by atoms with Crippen LogP contribution in [0.4, 0.5) is 11.4 Å². The Morgan fingerprint density at radius 1 is 0.328 bits per heavy atom. The molecule has 0 spiro atoms. The van der Waals surface area contributed by atoms with Gasteiger partial charge in [0.15, 0.2) is 23.0 Å². The van der Waals surface area contributed by atoms with E-state index in [0.717, 1.165) is 117 Å².